The Labute approximate surface area is 161 Å². The molecule has 1 aliphatic heterocycles. The third-order valence-electron chi connectivity index (χ3n) is 4.83. The van der Waals surface area contributed by atoms with Crippen LogP contribution in [0.3, 0.4) is 0 Å². The number of allylic oxidation sites excluding steroid dienone is 4. The summed E-state index contributed by atoms with van der Waals surface area (Å²) in [6.07, 6.45) is 7.36. The maximum absolute atomic E-state index is 12.5. The van der Waals surface area contributed by atoms with Crippen molar-refractivity contribution in [1.82, 2.24) is 0 Å². The molecule has 1 aromatic rings. The number of rotatable bonds is 5. The first-order valence-electron chi connectivity index (χ1n) is 9.34. The number of hydrogen-bond acceptors (Lipinski definition) is 3. The van der Waals surface area contributed by atoms with Crippen molar-refractivity contribution < 1.29 is 14.7 Å². The number of carbonyl (C=O) groups excluding carboxylic acids is 1. The number of carboxylic acid groups (broad SMARTS) is 1. The molecule has 0 spiro atoms. The van der Waals surface area contributed by atoms with E-state index in [2.05, 4.69) is 43.9 Å². The number of nitrogens with one attached hydrogen (secondary N) is 1. The summed E-state index contributed by atoms with van der Waals surface area (Å²) in [6, 6.07) is 6.36. The normalized spacial score (nSPS) is 16.1. The van der Waals surface area contributed by atoms with E-state index >= 15 is 0 Å². The van der Waals surface area contributed by atoms with Gasteiger partial charge in [-0.25, -0.2) is 0 Å². The lowest BCUT2D eigenvalue weighted by molar-refractivity contribution is -0.122. The molecule has 5 nitrogen and oxygen atoms in total. The van der Waals surface area contributed by atoms with E-state index in [0.717, 1.165) is 36.3 Å². The highest BCUT2D eigenvalue weighted by atomic mass is 16.3. The Balaban J connectivity index is 0.000000817. The smallest absolute Gasteiger partial charge is 0.290 e. The first kappa shape index (κ1) is 20.5. The van der Waals surface area contributed by atoms with E-state index in [1.54, 1.807) is 0 Å². The molecule has 0 bridgehead atoms. The number of hydrogen-bond donors (Lipinski definition) is 2. The summed E-state index contributed by atoms with van der Waals surface area (Å²) in [5.74, 6) is -0.0588. The number of benzene rings is 1. The van der Waals surface area contributed by atoms with Gasteiger partial charge in [-0.2, -0.15) is 0 Å². The van der Waals surface area contributed by atoms with Crippen molar-refractivity contribution in [3.63, 3.8) is 0 Å². The van der Waals surface area contributed by atoms with Gasteiger partial charge in [-0.1, -0.05) is 37.6 Å². The Morgan fingerprint density at radius 3 is 2.59 bits per heavy atom. The molecular weight excluding hydrogens is 340 g/mol. The second kappa shape index (κ2) is 9.21. The van der Waals surface area contributed by atoms with E-state index in [-0.39, 0.29) is 12.4 Å². The Bertz CT molecular complexity index is 800. The second-order valence-corrected chi connectivity index (χ2v) is 6.70. The van der Waals surface area contributed by atoms with Crippen LogP contribution in [-0.2, 0) is 9.59 Å². The van der Waals surface area contributed by atoms with Crippen LogP contribution in [0.2, 0.25) is 0 Å². The van der Waals surface area contributed by atoms with Gasteiger partial charge in [0.2, 0.25) is 0 Å². The molecule has 3 rings (SSSR count). The number of amides is 1. The Kier molecular flexibility index (Phi) is 6.99. The zero-order chi connectivity index (χ0) is 20.0. The maximum Gasteiger partial charge on any atom is 0.290 e. The molecule has 1 amide bonds. The highest BCUT2D eigenvalue weighted by molar-refractivity contribution is 6.12. The summed E-state index contributed by atoms with van der Waals surface area (Å²) >= 11 is 0. The molecular formula is C22H28N2O3. The quantitative estimate of drug-likeness (QED) is 0.545. The highest BCUT2D eigenvalue weighted by Gasteiger charge is 2.29. The molecule has 2 aliphatic rings. The van der Waals surface area contributed by atoms with Gasteiger partial charge in [0.25, 0.3) is 12.4 Å². The fourth-order valence-corrected chi connectivity index (χ4v) is 3.22. The van der Waals surface area contributed by atoms with Crippen LogP contribution in [0.4, 0.5) is 11.4 Å². The number of fused-ring (bicyclic) bond motifs is 1. The first-order valence-corrected chi connectivity index (χ1v) is 9.34. The van der Waals surface area contributed by atoms with Gasteiger partial charge in [0.1, 0.15) is 5.70 Å². The lowest BCUT2D eigenvalue weighted by Crippen LogP contribution is -2.35. The van der Waals surface area contributed by atoms with Crippen LogP contribution < -0.4 is 10.2 Å². The largest absolute Gasteiger partial charge is 0.483 e. The van der Waals surface area contributed by atoms with Crippen LogP contribution in [0, 0.1) is 0 Å². The number of nitrogens with zero attached hydrogens (tertiary/aromatic N) is 1. The summed E-state index contributed by atoms with van der Waals surface area (Å²) in [6.45, 7) is 10.2. The third-order valence-corrected chi connectivity index (χ3v) is 4.83. The van der Waals surface area contributed by atoms with Crippen LogP contribution in [0.25, 0.3) is 5.57 Å². The van der Waals surface area contributed by atoms with Crippen molar-refractivity contribution in [3.8, 4) is 0 Å². The highest BCUT2D eigenvalue weighted by Crippen LogP contribution is 2.41. The molecule has 0 saturated heterocycles. The van der Waals surface area contributed by atoms with Crippen molar-refractivity contribution in [2.45, 2.75) is 52.9 Å². The Morgan fingerprint density at radius 2 is 2.04 bits per heavy atom. The molecule has 144 valence electrons. The predicted molar refractivity (Wildman–Crippen MR) is 110 cm³/mol. The van der Waals surface area contributed by atoms with Gasteiger partial charge in [0.15, 0.2) is 0 Å². The molecule has 1 fully saturated rings. The van der Waals surface area contributed by atoms with Crippen LogP contribution >= 0.6 is 0 Å². The van der Waals surface area contributed by atoms with Gasteiger partial charge < -0.3 is 15.3 Å². The zero-order valence-electron chi connectivity index (χ0n) is 16.3. The van der Waals surface area contributed by atoms with E-state index in [0.29, 0.717) is 5.70 Å². The van der Waals surface area contributed by atoms with Gasteiger partial charge >= 0.3 is 0 Å². The van der Waals surface area contributed by atoms with Crippen molar-refractivity contribution in [1.29, 1.82) is 0 Å². The molecule has 0 aromatic heterocycles. The minimum Gasteiger partial charge on any atom is -0.483 e. The standard InChI is InChI=1S/C21H26N2O.CH2O2/c1-5-7-8-14(3)23-19(6-2)21(24)22-18-13-17(11-12-20(18)23)15(4)16-9-10-16;2-1-3/h6,11-13H,3,5,7-10H2,1-2,4H3,(H,22,24);1H,(H,2,3)/b19-6-;. The van der Waals surface area contributed by atoms with E-state index < -0.39 is 0 Å². The first-order chi connectivity index (χ1) is 13.0. The van der Waals surface area contributed by atoms with Crippen molar-refractivity contribution in [3.05, 3.63) is 53.4 Å². The Morgan fingerprint density at radius 1 is 1.37 bits per heavy atom. The average molecular weight is 368 g/mol. The molecule has 27 heavy (non-hydrogen) atoms. The van der Waals surface area contributed by atoms with Gasteiger partial charge in [-0.15, -0.1) is 0 Å². The lowest BCUT2D eigenvalue weighted by Gasteiger charge is -2.34. The summed E-state index contributed by atoms with van der Waals surface area (Å²) in [5, 5.41) is 9.93. The molecule has 1 aliphatic carbocycles. The molecule has 1 heterocycles. The molecule has 1 aromatic carbocycles. The van der Waals surface area contributed by atoms with Crippen molar-refractivity contribution in [2.75, 3.05) is 10.2 Å². The molecule has 0 unspecified atom stereocenters. The molecule has 0 atom stereocenters. The van der Waals surface area contributed by atoms with E-state index in [1.165, 1.54) is 29.6 Å². The predicted octanol–water partition coefficient (Wildman–Crippen LogP) is 5.32. The number of anilines is 2. The number of carbonyl (C=O) groups is 2. The second-order valence-electron chi connectivity index (χ2n) is 6.70. The minimum absolute atomic E-state index is 0.0588. The Hall–Kier alpha value is -2.82. The number of unbranched alkanes of at least 4 members (excludes halogenated alkanes) is 1. The lowest BCUT2D eigenvalue weighted by atomic mass is 10.0. The monoisotopic (exact) mass is 368 g/mol. The van der Waals surface area contributed by atoms with Crippen molar-refractivity contribution >= 4 is 29.3 Å². The zero-order valence-corrected chi connectivity index (χ0v) is 16.3. The van der Waals surface area contributed by atoms with Crippen LogP contribution in [0.15, 0.2) is 47.8 Å². The van der Waals surface area contributed by atoms with Gasteiger partial charge in [0, 0.05) is 5.70 Å². The third kappa shape index (κ3) is 4.67. The van der Waals surface area contributed by atoms with Gasteiger partial charge in [-0.05, 0) is 62.8 Å². The van der Waals surface area contributed by atoms with E-state index in [9.17, 15) is 4.79 Å². The fourth-order valence-electron chi connectivity index (χ4n) is 3.22. The molecule has 5 heteroatoms. The maximum atomic E-state index is 12.5. The van der Waals surface area contributed by atoms with Crippen molar-refractivity contribution in [2.24, 2.45) is 0 Å². The summed E-state index contributed by atoms with van der Waals surface area (Å²) in [5.41, 5.74) is 7.60. The van der Waals surface area contributed by atoms with Gasteiger partial charge in [-0.3, -0.25) is 9.59 Å². The van der Waals surface area contributed by atoms with Crippen LogP contribution in [0.5, 0.6) is 0 Å². The minimum atomic E-state index is -0.250. The summed E-state index contributed by atoms with van der Waals surface area (Å²) in [7, 11) is 0. The molecule has 0 radical (unpaired) electrons. The molecule has 2 N–H and O–H groups in total. The summed E-state index contributed by atoms with van der Waals surface area (Å²) < 4.78 is 0. The van der Waals surface area contributed by atoms with Crippen LogP contribution in [-0.4, -0.2) is 17.5 Å². The van der Waals surface area contributed by atoms with E-state index in [1.807, 2.05) is 17.9 Å². The molecule has 1 saturated carbocycles. The van der Waals surface area contributed by atoms with Crippen LogP contribution in [0.1, 0.15) is 58.4 Å². The fraction of sp³-hybridized carbons (Fsp3) is 0.364. The van der Waals surface area contributed by atoms with E-state index in [4.69, 9.17) is 9.90 Å². The SMILES string of the molecule is C=C(CCCC)N1/C(=C\C)C(=O)Nc2cc(C(C)=C3CC3)ccc21.O=CO. The van der Waals surface area contributed by atoms with Gasteiger partial charge in [0.05, 0.1) is 11.4 Å². The average Bonchev–Trinajstić information content (AvgIpc) is 3.49. The topological polar surface area (TPSA) is 69.6 Å². The summed E-state index contributed by atoms with van der Waals surface area (Å²) in [4.78, 5) is 22.9.